The zero-order valence-corrected chi connectivity index (χ0v) is 16.4. The lowest BCUT2D eigenvalue weighted by molar-refractivity contribution is -0.120. The quantitative estimate of drug-likeness (QED) is 0.316. The summed E-state index contributed by atoms with van der Waals surface area (Å²) in [6, 6.07) is 3.33. The first-order chi connectivity index (χ1) is 13.4. The first-order valence-electron chi connectivity index (χ1n) is 7.88. The van der Waals surface area contributed by atoms with Crippen LogP contribution in [0.5, 0.6) is 17.2 Å². The van der Waals surface area contributed by atoms with Gasteiger partial charge in [0.2, 0.25) is 5.75 Å². The van der Waals surface area contributed by atoms with Crippen LogP contribution in [-0.4, -0.2) is 53.9 Å². The van der Waals surface area contributed by atoms with Gasteiger partial charge in [0.15, 0.2) is 16.5 Å². The first-order valence-corrected chi connectivity index (χ1v) is 8.76. The zero-order valence-electron chi connectivity index (χ0n) is 15.6. The van der Waals surface area contributed by atoms with Crippen LogP contribution in [0.2, 0.25) is 0 Å². The molecule has 1 heterocycles. The van der Waals surface area contributed by atoms with Crippen molar-refractivity contribution in [1.29, 1.82) is 0 Å². The number of methoxy groups -OCH3 is 3. The topological polar surface area (TPSA) is 148 Å². The second kappa shape index (κ2) is 9.60. The number of nitrogens with one attached hydrogen (secondary N) is 3. The van der Waals surface area contributed by atoms with Gasteiger partial charge in [-0.15, -0.1) is 0 Å². The summed E-state index contributed by atoms with van der Waals surface area (Å²) in [5.41, 5.74) is 1.58. The molecule has 1 aromatic carbocycles. The Morgan fingerprint density at radius 3 is 2.39 bits per heavy atom. The summed E-state index contributed by atoms with van der Waals surface area (Å²) in [7, 11) is 4.48. The molecule has 12 heteroatoms. The molecule has 1 amide bonds. The number of H-pyrrole nitrogens is 2. The number of benzene rings is 1. The highest BCUT2D eigenvalue weighted by molar-refractivity contribution is 8.00. The Balaban J connectivity index is 2.06. The minimum atomic E-state index is -0.721. The molecular formula is C16H19N5O6S. The molecule has 11 nitrogen and oxygen atoms in total. The van der Waals surface area contributed by atoms with Crippen molar-refractivity contribution in [1.82, 2.24) is 20.6 Å². The van der Waals surface area contributed by atoms with Crippen molar-refractivity contribution < 1.29 is 19.0 Å². The molecule has 2 aromatic rings. The minimum Gasteiger partial charge on any atom is -0.493 e. The highest BCUT2D eigenvalue weighted by Gasteiger charge is 2.17. The lowest BCUT2D eigenvalue weighted by Gasteiger charge is -2.12. The van der Waals surface area contributed by atoms with Gasteiger partial charge in [-0.1, -0.05) is 11.8 Å². The van der Waals surface area contributed by atoms with Crippen LogP contribution in [0.4, 0.5) is 0 Å². The molecule has 1 aromatic heterocycles. The number of amides is 1. The fourth-order valence-electron chi connectivity index (χ4n) is 2.07. The highest BCUT2D eigenvalue weighted by atomic mass is 32.2. The van der Waals surface area contributed by atoms with Crippen LogP contribution in [0, 0.1) is 0 Å². The molecule has 0 aliphatic heterocycles. The summed E-state index contributed by atoms with van der Waals surface area (Å²) in [5.74, 6) is 0.875. The molecule has 0 saturated carbocycles. The van der Waals surface area contributed by atoms with Crippen LogP contribution < -0.4 is 30.9 Å². The van der Waals surface area contributed by atoms with Gasteiger partial charge in [0.1, 0.15) is 0 Å². The SMILES string of the molecule is COc1cc(/C=N/NC(=O)C(C)Sc2n[nH]c(=O)[nH]c2=O)cc(OC)c1OC. The molecule has 0 spiro atoms. The third kappa shape index (κ3) is 5.13. The van der Waals surface area contributed by atoms with Crippen molar-refractivity contribution in [3.8, 4) is 17.2 Å². The fraction of sp³-hybridized carbons (Fsp3) is 0.312. The van der Waals surface area contributed by atoms with Gasteiger partial charge >= 0.3 is 5.69 Å². The number of aromatic nitrogens is 3. The Morgan fingerprint density at radius 2 is 1.86 bits per heavy atom. The minimum absolute atomic E-state index is 0.0316. The molecule has 0 bridgehead atoms. The molecule has 1 atom stereocenters. The lowest BCUT2D eigenvalue weighted by Crippen LogP contribution is -2.30. The van der Waals surface area contributed by atoms with Gasteiger partial charge in [0, 0.05) is 5.56 Å². The van der Waals surface area contributed by atoms with Crippen molar-refractivity contribution in [3.63, 3.8) is 0 Å². The number of hydrogen-bond acceptors (Lipinski definition) is 9. The molecule has 0 aliphatic carbocycles. The Morgan fingerprint density at radius 1 is 1.21 bits per heavy atom. The summed E-state index contributed by atoms with van der Waals surface area (Å²) in [4.78, 5) is 36.7. The average molecular weight is 409 g/mol. The maximum absolute atomic E-state index is 12.1. The number of aromatic amines is 2. The number of ether oxygens (including phenoxy) is 3. The van der Waals surface area contributed by atoms with E-state index in [1.54, 1.807) is 19.1 Å². The van der Waals surface area contributed by atoms with Gasteiger partial charge in [-0.2, -0.15) is 10.2 Å². The van der Waals surface area contributed by atoms with Crippen molar-refractivity contribution in [2.45, 2.75) is 17.2 Å². The van der Waals surface area contributed by atoms with Gasteiger partial charge in [0.25, 0.3) is 11.5 Å². The monoisotopic (exact) mass is 409 g/mol. The highest BCUT2D eigenvalue weighted by Crippen LogP contribution is 2.37. The third-order valence-electron chi connectivity index (χ3n) is 3.41. The van der Waals surface area contributed by atoms with Crippen LogP contribution in [-0.2, 0) is 4.79 Å². The molecule has 0 aliphatic rings. The summed E-state index contributed by atoms with van der Waals surface area (Å²) >= 11 is 0.883. The van der Waals surface area contributed by atoms with Crippen LogP contribution in [0.3, 0.4) is 0 Å². The summed E-state index contributed by atoms with van der Waals surface area (Å²) in [5, 5.41) is 8.89. The number of carbonyl (C=O) groups excluding carboxylic acids is 1. The molecule has 0 saturated heterocycles. The molecule has 150 valence electrons. The van der Waals surface area contributed by atoms with E-state index in [1.807, 2.05) is 4.98 Å². The molecule has 0 fully saturated rings. The Hall–Kier alpha value is -3.28. The van der Waals surface area contributed by atoms with Gasteiger partial charge in [-0.05, 0) is 19.1 Å². The van der Waals surface area contributed by atoms with Crippen molar-refractivity contribution in [2.24, 2.45) is 5.10 Å². The lowest BCUT2D eigenvalue weighted by atomic mass is 10.2. The summed E-state index contributed by atoms with van der Waals surface area (Å²) < 4.78 is 15.7. The van der Waals surface area contributed by atoms with Gasteiger partial charge in [-0.25, -0.2) is 15.3 Å². The van der Waals surface area contributed by atoms with Crippen molar-refractivity contribution in [3.05, 3.63) is 38.5 Å². The van der Waals surface area contributed by atoms with E-state index >= 15 is 0 Å². The molecule has 3 N–H and O–H groups in total. The molecule has 1 unspecified atom stereocenters. The van der Waals surface area contributed by atoms with E-state index in [4.69, 9.17) is 14.2 Å². The first kappa shape index (κ1) is 21.0. The predicted molar refractivity (Wildman–Crippen MR) is 103 cm³/mol. The van der Waals surface area contributed by atoms with Crippen LogP contribution >= 0.6 is 11.8 Å². The number of hydrazone groups is 1. The van der Waals surface area contributed by atoms with Gasteiger partial charge in [-0.3, -0.25) is 14.6 Å². The normalized spacial score (nSPS) is 11.9. The number of hydrogen-bond donors (Lipinski definition) is 3. The summed E-state index contributed by atoms with van der Waals surface area (Å²) in [6.07, 6.45) is 1.41. The predicted octanol–water partition coefficient (Wildman–Crippen LogP) is 0.115. The standard InChI is InChI=1S/C16H19N5O6S/c1-8(28-15-14(23)18-16(24)21-20-15)13(22)19-17-7-9-5-10(25-2)12(27-4)11(6-9)26-3/h5-8H,1-4H3,(H,19,22)(H2,18,21,23,24)/b17-7+. The number of nitrogens with zero attached hydrogens (tertiary/aromatic N) is 2. The van der Waals surface area contributed by atoms with E-state index in [1.165, 1.54) is 27.5 Å². The summed E-state index contributed by atoms with van der Waals surface area (Å²) in [6.45, 7) is 1.57. The van der Waals surface area contributed by atoms with Gasteiger partial charge < -0.3 is 14.2 Å². The average Bonchev–Trinajstić information content (AvgIpc) is 2.68. The molecule has 28 heavy (non-hydrogen) atoms. The largest absolute Gasteiger partial charge is 0.493 e. The molecule has 0 radical (unpaired) electrons. The Labute approximate surface area is 163 Å². The Bertz CT molecular complexity index is 961. The third-order valence-corrected chi connectivity index (χ3v) is 4.48. The fourth-order valence-corrected chi connectivity index (χ4v) is 2.83. The van der Waals surface area contributed by atoms with Crippen LogP contribution in [0.15, 0.2) is 31.8 Å². The van der Waals surface area contributed by atoms with Crippen LogP contribution in [0.25, 0.3) is 0 Å². The van der Waals surface area contributed by atoms with E-state index in [-0.39, 0.29) is 5.03 Å². The van der Waals surface area contributed by atoms with E-state index in [9.17, 15) is 14.4 Å². The van der Waals surface area contributed by atoms with E-state index in [0.29, 0.717) is 22.8 Å². The maximum atomic E-state index is 12.1. The smallest absolute Gasteiger partial charge is 0.342 e. The second-order valence-electron chi connectivity index (χ2n) is 5.27. The molecular weight excluding hydrogens is 390 g/mol. The maximum Gasteiger partial charge on any atom is 0.342 e. The van der Waals surface area contributed by atoms with Crippen molar-refractivity contribution >= 4 is 23.9 Å². The van der Waals surface area contributed by atoms with E-state index in [2.05, 4.69) is 20.7 Å². The second-order valence-corrected chi connectivity index (χ2v) is 6.59. The van der Waals surface area contributed by atoms with E-state index in [0.717, 1.165) is 11.8 Å². The van der Waals surface area contributed by atoms with E-state index < -0.39 is 22.4 Å². The van der Waals surface area contributed by atoms with Crippen LogP contribution in [0.1, 0.15) is 12.5 Å². The number of thioether (sulfide) groups is 1. The number of rotatable bonds is 8. The number of carbonyl (C=O) groups is 1. The van der Waals surface area contributed by atoms with Crippen molar-refractivity contribution in [2.75, 3.05) is 21.3 Å². The van der Waals surface area contributed by atoms with Gasteiger partial charge in [0.05, 0.1) is 32.8 Å². The Kier molecular flexibility index (Phi) is 7.21. The zero-order chi connectivity index (χ0) is 20.7. The molecule has 2 rings (SSSR count).